The van der Waals surface area contributed by atoms with Crippen LogP contribution in [0.5, 0.6) is 0 Å². The van der Waals surface area contributed by atoms with Gasteiger partial charge in [-0.2, -0.15) is 11.3 Å². The van der Waals surface area contributed by atoms with Gasteiger partial charge in [-0.05, 0) is 48.1 Å². The molecule has 18 heavy (non-hydrogen) atoms. The number of ether oxygens (including phenoxy) is 1. The Morgan fingerprint density at radius 3 is 3.06 bits per heavy atom. The number of hydrazine groups is 1. The van der Waals surface area contributed by atoms with Gasteiger partial charge in [0, 0.05) is 6.61 Å². The lowest BCUT2D eigenvalue weighted by Gasteiger charge is -2.45. The predicted molar refractivity (Wildman–Crippen MR) is 76.4 cm³/mol. The molecule has 102 valence electrons. The van der Waals surface area contributed by atoms with Crippen LogP contribution in [0, 0.1) is 5.92 Å². The first-order valence-corrected chi connectivity index (χ1v) is 7.78. The molecule has 3 nitrogen and oxygen atoms in total. The Morgan fingerprint density at radius 1 is 1.67 bits per heavy atom. The van der Waals surface area contributed by atoms with Crippen LogP contribution in [0.15, 0.2) is 16.8 Å². The molecule has 1 aliphatic rings. The topological polar surface area (TPSA) is 47.3 Å². The molecule has 3 atom stereocenters. The van der Waals surface area contributed by atoms with E-state index in [1.165, 1.54) is 18.4 Å². The molecule has 0 bridgehead atoms. The summed E-state index contributed by atoms with van der Waals surface area (Å²) in [5.41, 5.74) is 4.12. The Bertz CT molecular complexity index is 351. The molecule has 3 unspecified atom stereocenters. The van der Waals surface area contributed by atoms with E-state index in [0.29, 0.717) is 5.92 Å². The highest BCUT2D eigenvalue weighted by atomic mass is 32.1. The molecule has 3 N–H and O–H groups in total. The fourth-order valence-electron chi connectivity index (χ4n) is 3.30. The third kappa shape index (κ3) is 2.77. The van der Waals surface area contributed by atoms with Gasteiger partial charge in [0.25, 0.3) is 0 Å². The summed E-state index contributed by atoms with van der Waals surface area (Å²) in [6.45, 7) is 5.13. The lowest BCUT2D eigenvalue weighted by atomic mass is 9.73. The van der Waals surface area contributed by atoms with Crippen LogP contribution in [0.1, 0.15) is 51.1 Å². The van der Waals surface area contributed by atoms with Crippen molar-refractivity contribution < 1.29 is 4.74 Å². The third-order valence-electron chi connectivity index (χ3n) is 3.99. The maximum atomic E-state index is 6.18. The Hall–Kier alpha value is -0.420. The van der Waals surface area contributed by atoms with Crippen LogP contribution >= 0.6 is 11.3 Å². The highest BCUT2D eigenvalue weighted by Gasteiger charge is 2.43. The van der Waals surface area contributed by atoms with Crippen LogP contribution in [0.2, 0.25) is 0 Å². The van der Waals surface area contributed by atoms with Gasteiger partial charge in [-0.15, -0.1) is 0 Å². The lowest BCUT2D eigenvalue weighted by Crippen LogP contribution is -2.50. The van der Waals surface area contributed by atoms with Crippen LogP contribution in [0.4, 0.5) is 0 Å². The number of hydrogen-bond donors (Lipinski definition) is 2. The maximum absolute atomic E-state index is 6.18. The second kappa shape index (κ2) is 6.15. The van der Waals surface area contributed by atoms with Gasteiger partial charge in [0.1, 0.15) is 0 Å². The summed E-state index contributed by atoms with van der Waals surface area (Å²) in [6.07, 6.45) is 4.71. The van der Waals surface area contributed by atoms with Crippen molar-refractivity contribution in [2.24, 2.45) is 11.8 Å². The first-order valence-electron chi connectivity index (χ1n) is 6.84. The second-order valence-electron chi connectivity index (χ2n) is 5.36. The number of nitrogens with two attached hydrogens (primary N) is 1. The monoisotopic (exact) mass is 268 g/mol. The predicted octanol–water partition coefficient (Wildman–Crippen LogP) is 3.24. The molecular formula is C14H24N2OS. The van der Waals surface area contributed by atoms with Gasteiger partial charge in [-0.3, -0.25) is 11.3 Å². The summed E-state index contributed by atoms with van der Waals surface area (Å²) < 4.78 is 6.18. The highest BCUT2D eigenvalue weighted by molar-refractivity contribution is 7.07. The van der Waals surface area contributed by atoms with E-state index in [0.717, 1.165) is 19.4 Å². The standard InChI is InChI=1S/C14H24N2OS/c1-3-17-14(7-4-5-11(2)9-14)13(16-15)12-6-8-18-10-12/h6,8,10-11,13,16H,3-5,7,9,15H2,1-2H3. The number of nitrogens with one attached hydrogen (secondary N) is 1. The molecule has 0 spiro atoms. The Labute approximate surface area is 114 Å². The Balaban J connectivity index is 2.26. The van der Waals surface area contributed by atoms with Crippen molar-refractivity contribution >= 4 is 11.3 Å². The minimum absolute atomic E-state index is 0.103. The highest BCUT2D eigenvalue weighted by Crippen LogP contribution is 2.43. The molecule has 0 amide bonds. The van der Waals surface area contributed by atoms with E-state index >= 15 is 0 Å². The average molecular weight is 268 g/mol. The van der Waals surface area contributed by atoms with E-state index in [-0.39, 0.29) is 11.6 Å². The van der Waals surface area contributed by atoms with Crippen molar-refractivity contribution in [2.45, 2.75) is 51.2 Å². The first kappa shape index (κ1) is 14.0. The molecule has 1 aromatic rings. The zero-order chi connectivity index (χ0) is 13.0. The van der Waals surface area contributed by atoms with Gasteiger partial charge in [0.05, 0.1) is 11.6 Å². The summed E-state index contributed by atoms with van der Waals surface area (Å²) in [4.78, 5) is 0. The Kier molecular flexibility index (Phi) is 4.78. The molecule has 1 heterocycles. The van der Waals surface area contributed by atoms with Gasteiger partial charge in [0.15, 0.2) is 0 Å². The molecule has 1 saturated carbocycles. The summed E-state index contributed by atoms with van der Waals surface area (Å²) in [5, 5.41) is 4.27. The molecule has 1 aliphatic carbocycles. The van der Waals surface area contributed by atoms with Crippen LogP contribution in [-0.4, -0.2) is 12.2 Å². The van der Waals surface area contributed by atoms with E-state index in [2.05, 4.69) is 36.1 Å². The molecule has 1 fully saturated rings. The number of hydrogen-bond acceptors (Lipinski definition) is 4. The minimum Gasteiger partial charge on any atom is -0.373 e. The summed E-state index contributed by atoms with van der Waals surface area (Å²) in [7, 11) is 0. The van der Waals surface area contributed by atoms with Crippen LogP contribution in [-0.2, 0) is 4.74 Å². The molecule has 0 saturated heterocycles. The SMILES string of the molecule is CCOC1(C(NN)c2ccsc2)CCCC(C)C1. The van der Waals surface area contributed by atoms with Crippen LogP contribution in [0.3, 0.4) is 0 Å². The van der Waals surface area contributed by atoms with Gasteiger partial charge < -0.3 is 4.74 Å². The molecule has 1 aromatic heterocycles. The van der Waals surface area contributed by atoms with Crippen molar-refractivity contribution in [1.82, 2.24) is 5.43 Å². The quantitative estimate of drug-likeness (QED) is 0.636. The summed E-state index contributed by atoms with van der Waals surface area (Å²) in [6, 6.07) is 2.25. The fraction of sp³-hybridized carbons (Fsp3) is 0.714. The van der Waals surface area contributed by atoms with Gasteiger partial charge in [-0.25, -0.2) is 0 Å². The molecule has 0 aliphatic heterocycles. The van der Waals surface area contributed by atoms with E-state index < -0.39 is 0 Å². The van der Waals surface area contributed by atoms with Crippen molar-refractivity contribution in [3.05, 3.63) is 22.4 Å². The zero-order valence-electron chi connectivity index (χ0n) is 11.3. The molecular weight excluding hydrogens is 244 g/mol. The van der Waals surface area contributed by atoms with Gasteiger partial charge >= 0.3 is 0 Å². The third-order valence-corrected chi connectivity index (χ3v) is 4.69. The van der Waals surface area contributed by atoms with Gasteiger partial charge in [-0.1, -0.05) is 19.8 Å². The van der Waals surface area contributed by atoms with E-state index in [4.69, 9.17) is 10.6 Å². The first-order chi connectivity index (χ1) is 8.72. The lowest BCUT2D eigenvalue weighted by molar-refractivity contribution is -0.102. The summed E-state index contributed by atoms with van der Waals surface area (Å²) >= 11 is 1.71. The smallest absolute Gasteiger partial charge is 0.0891 e. The normalized spacial score (nSPS) is 30.3. The fourth-order valence-corrected chi connectivity index (χ4v) is 3.98. The van der Waals surface area contributed by atoms with E-state index in [9.17, 15) is 0 Å². The molecule has 4 heteroatoms. The molecule has 0 radical (unpaired) electrons. The Morgan fingerprint density at radius 2 is 2.50 bits per heavy atom. The summed E-state index contributed by atoms with van der Waals surface area (Å²) in [5.74, 6) is 6.54. The maximum Gasteiger partial charge on any atom is 0.0891 e. The van der Waals surface area contributed by atoms with E-state index in [1.54, 1.807) is 11.3 Å². The second-order valence-corrected chi connectivity index (χ2v) is 6.14. The van der Waals surface area contributed by atoms with Crippen molar-refractivity contribution in [2.75, 3.05) is 6.61 Å². The van der Waals surface area contributed by atoms with Crippen molar-refractivity contribution in [1.29, 1.82) is 0 Å². The number of thiophene rings is 1. The van der Waals surface area contributed by atoms with Crippen molar-refractivity contribution in [3.8, 4) is 0 Å². The number of rotatable bonds is 5. The zero-order valence-corrected chi connectivity index (χ0v) is 12.1. The van der Waals surface area contributed by atoms with Crippen LogP contribution in [0.25, 0.3) is 0 Å². The average Bonchev–Trinajstić information content (AvgIpc) is 2.84. The van der Waals surface area contributed by atoms with Gasteiger partial charge in [0.2, 0.25) is 0 Å². The van der Waals surface area contributed by atoms with Crippen molar-refractivity contribution in [3.63, 3.8) is 0 Å². The van der Waals surface area contributed by atoms with E-state index in [1.807, 2.05) is 0 Å². The molecule has 0 aromatic carbocycles. The van der Waals surface area contributed by atoms with Crippen LogP contribution < -0.4 is 11.3 Å². The molecule has 2 rings (SSSR count). The largest absolute Gasteiger partial charge is 0.373 e. The minimum atomic E-state index is -0.137.